The van der Waals surface area contributed by atoms with E-state index in [1.807, 2.05) is 12.1 Å². The molecule has 0 unspecified atom stereocenters. The first kappa shape index (κ1) is 8.27. The minimum atomic E-state index is -0.762. The van der Waals surface area contributed by atoms with Crippen molar-refractivity contribution >= 4 is 14.1 Å². The van der Waals surface area contributed by atoms with Crippen LogP contribution in [0.3, 0.4) is 0 Å². The van der Waals surface area contributed by atoms with Crippen LogP contribution in [0.5, 0.6) is 5.75 Å². The number of ether oxygens (including phenoxy) is 1. The average Bonchev–Trinajstić information content (AvgIpc) is 2.05. The zero-order valence-corrected chi connectivity index (χ0v) is 8.32. The number of hydrogen-bond donors (Lipinski definition) is 0. The molecule has 60 valence electrons. The summed E-state index contributed by atoms with van der Waals surface area (Å²) in [6.45, 7) is 4.50. The van der Waals surface area contributed by atoms with E-state index < -0.39 is 8.80 Å². The largest absolute Gasteiger partial charge is 0.497 e. The van der Waals surface area contributed by atoms with Crippen LogP contribution in [0.1, 0.15) is 0 Å². The highest BCUT2D eigenvalue weighted by Gasteiger charge is 2.02. The van der Waals surface area contributed by atoms with Crippen molar-refractivity contribution in [3.63, 3.8) is 0 Å². The minimum Gasteiger partial charge on any atom is -0.497 e. The molecule has 0 aromatic carbocycles. The second kappa shape index (κ2) is 3.53. The quantitative estimate of drug-likeness (QED) is 0.607. The smallest absolute Gasteiger partial charge is 0.121 e. The lowest BCUT2D eigenvalue weighted by molar-refractivity contribution is 0.414. The Kier molecular flexibility index (Phi) is 2.65. The normalized spacial score (nSPS) is 10.2. The topological polar surface area (TPSA) is 22.1 Å². The molecule has 0 atom stereocenters. The molecule has 1 rings (SSSR count). The highest BCUT2D eigenvalue weighted by atomic mass is 28.3. The maximum absolute atomic E-state index is 5.09. The van der Waals surface area contributed by atoms with Crippen LogP contribution >= 0.6 is 0 Å². The van der Waals surface area contributed by atoms with Gasteiger partial charge in [-0.3, -0.25) is 4.98 Å². The summed E-state index contributed by atoms with van der Waals surface area (Å²) in [5.41, 5.74) is 0. The van der Waals surface area contributed by atoms with Gasteiger partial charge in [-0.15, -0.1) is 0 Å². The Balaban J connectivity index is 2.91. The predicted octanol–water partition coefficient (Wildman–Crippen LogP) is 0.784. The molecule has 1 aromatic heterocycles. The molecule has 0 saturated heterocycles. The van der Waals surface area contributed by atoms with Gasteiger partial charge in [-0.25, -0.2) is 0 Å². The highest BCUT2D eigenvalue weighted by Crippen LogP contribution is 2.04. The summed E-state index contributed by atoms with van der Waals surface area (Å²) in [7, 11) is 0.920. The molecule has 0 spiro atoms. The highest BCUT2D eigenvalue weighted by molar-refractivity contribution is 6.69. The molecule has 0 radical (unpaired) electrons. The fourth-order valence-corrected chi connectivity index (χ4v) is 1.75. The van der Waals surface area contributed by atoms with Gasteiger partial charge < -0.3 is 4.74 Å². The SMILES string of the molecule is COc1ccnc([SiH](C)C)c1. The Morgan fingerprint density at radius 2 is 2.18 bits per heavy atom. The van der Waals surface area contributed by atoms with Gasteiger partial charge in [-0.2, -0.15) is 0 Å². The van der Waals surface area contributed by atoms with E-state index in [1.54, 1.807) is 13.3 Å². The second-order valence-electron chi connectivity index (χ2n) is 2.78. The summed E-state index contributed by atoms with van der Waals surface area (Å²) >= 11 is 0. The fourth-order valence-electron chi connectivity index (χ4n) is 0.871. The lowest BCUT2D eigenvalue weighted by atomic mass is 10.5. The summed E-state index contributed by atoms with van der Waals surface area (Å²) in [4.78, 5) is 4.27. The Morgan fingerprint density at radius 3 is 2.73 bits per heavy atom. The molecule has 3 heteroatoms. The maximum Gasteiger partial charge on any atom is 0.121 e. The zero-order valence-electron chi connectivity index (χ0n) is 7.16. The Labute approximate surface area is 68.8 Å². The van der Waals surface area contributed by atoms with Crippen LogP contribution in [0.4, 0.5) is 0 Å². The van der Waals surface area contributed by atoms with E-state index in [-0.39, 0.29) is 0 Å². The van der Waals surface area contributed by atoms with E-state index in [0.717, 1.165) is 5.75 Å². The molecular formula is C8H13NOSi. The van der Waals surface area contributed by atoms with Gasteiger partial charge in [0.1, 0.15) is 5.75 Å². The molecule has 1 heterocycles. The lowest BCUT2D eigenvalue weighted by Crippen LogP contribution is -2.25. The van der Waals surface area contributed by atoms with E-state index in [9.17, 15) is 0 Å². The van der Waals surface area contributed by atoms with Gasteiger partial charge in [0, 0.05) is 11.5 Å². The third-order valence-corrected chi connectivity index (χ3v) is 3.08. The van der Waals surface area contributed by atoms with E-state index >= 15 is 0 Å². The van der Waals surface area contributed by atoms with Gasteiger partial charge in [0.25, 0.3) is 0 Å². The summed E-state index contributed by atoms with van der Waals surface area (Å²) in [6.07, 6.45) is 1.81. The molecule has 0 aliphatic carbocycles. The van der Waals surface area contributed by atoms with Gasteiger partial charge in [0.05, 0.1) is 15.9 Å². The third kappa shape index (κ3) is 2.05. The predicted molar refractivity (Wildman–Crippen MR) is 49.3 cm³/mol. The van der Waals surface area contributed by atoms with E-state index in [0.29, 0.717) is 0 Å². The number of rotatable bonds is 2. The van der Waals surface area contributed by atoms with Gasteiger partial charge in [-0.05, 0) is 12.1 Å². The lowest BCUT2D eigenvalue weighted by Gasteiger charge is -2.04. The van der Waals surface area contributed by atoms with Gasteiger partial charge in [-0.1, -0.05) is 13.1 Å². The molecule has 0 aliphatic rings. The molecule has 0 fully saturated rings. The van der Waals surface area contributed by atoms with Crippen LogP contribution in [0.25, 0.3) is 0 Å². The van der Waals surface area contributed by atoms with Crippen LogP contribution in [-0.2, 0) is 0 Å². The molecule has 2 nitrogen and oxygen atoms in total. The number of hydrogen-bond acceptors (Lipinski definition) is 2. The molecule has 0 bridgehead atoms. The van der Waals surface area contributed by atoms with E-state index in [4.69, 9.17) is 4.74 Å². The molecule has 0 aliphatic heterocycles. The van der Waals surface area contributed by atoms with Crippen molar-refractivity contribution in [2.75, 3.05) is 7.11 Å². The second-order valence-corrected chi connectivity index (χ2v) is 5.68. The molecule has 1 aromatic rings. The maximum atomic E-state index is 5.09. The molecule has 11 heavy (non-hydrogen) atoms. The van der Waals surface area contributed by atoms with Crippen molar-refractivity contribution in [2.45, 2.75) is 13.1 Å². The standard InChI is InChI=1S/C8H13NOSi/c1-10-7-4-5-9-8(6-7)11(2)3/h4-6,11H,1-3H3. The summed E-state index contributed by atoms with van der Waals surface area (Å²) in [5.74, 6) is 0.913. The number of nitrogens with zero attached hydrogens (tertiary/aromatic N) is 1. The summed E-state index contributed by atoms with van der Waals surface area (Å²) in [6, 6.07) is 3.90. The first-order valence-electron chi connectivity index (χ1n) is 3.74. The van der Waals surface area contributed by atoms with Gasteiger partial charge in [0.15, 0.2) is 0 Å². The molecule has 0 saturated carbocycles. The van der Waals surface area contributed by atoms with Crippen LogP contribution in [0, 0.1) is 0 Å². The molecule has 0 N–H and O–H groups in total. The van der Waals surface area contributed by atoms with Crippen molar-refractivity contribution in [3.05, 3.63) is 18.3 Å². The monoisotopic (exact) mass is 167 g/mol. The molecular weight excluding hydrogens is 154 g/mol. The third-order valence-electron chi connectivity index (χ3n) is 1.58. The van der Waals surface area contributed by atoms with Crippen molar-refractivity contribution in [1.29, 1.82) is 0 Å². The van der Waals surface area contributed by atoms with Gasteiger partial charge in [0.2, 0.25) is 0 Å². The Morgan fingerprint density at radius 1 is 1.45 bits per heavy atom. The van der Waals surface area contributed by atoms with Crippen molar-refractivity contribution in [1.82, 2.24) is 4.98 Å². The van der Waals surface area contributed by atoms with Crippen LogP contribution in [-0.4, -0.2) is 20.9 Å². The van der Waals surface area contributed by atoms with E-state index in [1.165, 1.54) is 5.32 Å². The summed E-state index contributed by atoms with van der Waals surface area (Å²) < 4.78 is 5.09. The van der Waals surface area contributed by atoms with Crippen LogP contribution in [0.2, 0.25) is 13.1 Å². The van der Waals surface area contributed by atoms with Crippen molar-refractivity contribution < 1.29 is 4.74 Å². The number of aromatic nitrogens is 1. The fraction of sp³-hybridized carbons (Fsp3) is 0.375. The van der Waals surface area contributed by atoms with Crippen LogP contribution in [0.15, 0.2) is 18.3 Å². The first-order valence-corrected chi connectivity index (χ1v) is 6.62. The Hall–Kier alpha value is -0.833. The van der Waals surface area contributed by atoms with Gasteiger partial charge >= 0.3 is 0 Å². The number of pyridine rings is 1. The Bertz CT molecular complexity index is 237. The first-order chi connectivity index (χ1) is 5.24. The van der Waals surface area contributed by atoms with Crippen LogP contribution < -0.4 is 10.1 Å². The van der Waals surface area contributed by atoms with Crippen molar-refractivity contribution in [2.24, 2.45) is 0 Å². The van der Waals surface area contributed by atoms with E-state index in [2.05, 4.69) is 18.1 Å². The number of methoxy groups -OCH3 is 1. The average molecular weight is 167 g/mol. The zero-order chi connectivity index (χ0) is 8.27. The summed E-state index contributed by atoms with van der Waals surface area (Å²) in [5, 5.41) is 1.21. The molecule has 0 amide bonds. The van der Waals surface area contributed by atoms with Crippen molar-refractivity contribution in [3.8, 4) is 5.75 Å². The minimum absolute atomic E-state index is 0.762.